The Morgan fingerprint density at radius 3 is 2.79 bits per heavy atom. The molecule has 0 amide bonds. The number of hydrogen-bond donors (Lipinski definition) is 2. The first-order valence-electron chi connectivity index (χ1n) is 6.56. The molecule has 0 unspecified atom stereocenters. The molecular weight excluding hydrogens is 266 g/mol. The Labute approximate surface area is 114 Å². The molecule has 19 heavy (non-hydrogen) atoms. The van der Waals surface area contributed by atoms with Gasteiger partial charge in [0.05, 0.1) is 6.33 Å². The highest BCUT2D eigenvalue weighted by molar-refractivity contribution is 7.89. The van der Waals surface area contributed by atoms with Crippen LogP contribution in [0.2, 0.25) is 0 Å². The third-order valence-electron chi connectivity index (χ3n) is 3.18. The lowest BCUT2D eigenvalue weighted by Gasteiger charge is -2.26. The van der Waals surface area contributed by atoms with Crippen molar-refractivity contribution in [1.82, 2.24) is 24.5 Å². The van der Waals surface area contributed by atoms with Crippen molar-refractivity contribution in [3.05, 3.63) is 12.5 Å². The smallest absolute Gasteiger partial charge is 0.259 e. The number of nitrogens with zero attached hydrogens (tertiary/aromatic N) is 3. The van der Waals surface area contributed by atoms with Crippen LogP contribution in [0.4, 0.5) is 0 Å². The first-order chi connectivity index (χ1) is 9.12. The molecule has 0 saturated carbocycles. The Morgan fingerprint density at radius 2 is 2.16 bits per heavy atom. The third-order valence-corrected chi connectivity index (χ3v) is 4.53. The fraction of sp³-hybridized carbons (Fsp3) is 0.727. The number of aromatic nitrogens is 2. The highest BCUT2D eigenvalue weighted by Crippen LogP contribution is 2.04. The maximum atomic E-state index is 12.0. The predicted molar refractivity (Wildman–Crippen MR) is 72.4 cm³/mol. The predicted octanol–water partition coefficient (Wildman–Crippen LogP) is -0.913. The maximum absolute atomic E-state index is 12.0. The van der Waals surface area contributed by atoms with Crippen molar-refractivity contribution in [3.8, 4) is 0 Å². The number of piperazine rings is 1. The molecule has 1 aliphatic rings. The molecule has 0 atom stereocenters. The second kappa shape index (κ2) is 6.47. The number of nitrogens with one attached hydrogen (secondary N) is 2. The summed E-state index contributed by atoms with van der Waals surface area (Å²) >= 11 is 0. The van der Waals surface area contributed by atoms with Crippen LogP contribution in [0.1, 0.15) is 6.92 Å². The van der Waals surface area contributed by atoms with E-state index in [-0.39, 0.29) is 5.03 Å². The van der Waals surface area contributed by atoms with E-state index < -0.39 is 10.0 Å². The van der Waals surface area contributed by atoms with Crippen LogP contribution < -0.4 is 10.0 Å². The van der Waals surface area contributed by atoms with Crippen LogP contribution in [-0.4, -0.2) is 62.1 Å². The lowest BCUT2D eigenvalue weighted by Crippen LogP contribution is -2.46. The van der Waals surface area contributed by atoms with Crippen molar-refractivity contribution < 1.29 is 8.42 Å². The molecule has 1 fully saturated rings. The number of sulfonamides is 1. The molecule has 1 saturated heterocycles. The molecule has 0 spiro atoms. The lowest BCUT2D eigenvalue weighted by atomic mass is 10.3. The molecule has 0 aliphatic carbocycles. The molecular formula is C11H21N5O2S. The molecule has 8 heteroatoms. The van der Waals surface area contributed by atoms with Gasteiger partial charge in [0.2, 0.25) is 0 Å². The SMILES string of the molecule is CCn1cnc(S(=O)(=O)NCCN2CCNCC2)c1. The summed E-state index contributed by atoms with van der Waals surface area (Å²) in [5.74, 6) is 0. The van der Waals surface area contributed by atoms with Gasteiger partial charge in [-0.05, 0) is 6.92 Å². The molecule has 0 radical (unpaired) electrons. The minimum absolute atomic E-state index is 0.0923. The molecule has 7 nitrogen and oxygen atoms in total. The minimum atomic E-state index is -3.47. The second-order valence-corrected chi connectivity index (χ2v) is 6.25. The summed E-state index contributed by atoms with van der Waals surface area (Å²) in [7, 11) is -3.47. The van der Waals surface area contributed by atoms with Crippen molar-refractivity contribution in [2.24, 2.45) is 0 Å². The Morgan fingerprint density at radius 1 is 1.42 bits per heavy atom. The molecule has 1 aromatic rings. The summed E-state index contributed by atoms with van der Waals surface area (Å²) in [5.41, 5.74) is 0. The molecule has 0 aromatic carbocycles. The fourth-order valence-electron chi connectivity index (χ4n) is 2.00. The Kier molecular flexibility index (Phi) is 4.92. The second-order valence-electron chi connectivity index (χ2n) is 4.53. The van der Waals surface area contributed by atoms with Crippen LogP contribution in [-0.2, 0) is 16.6 Å². The van der Waals surface area contributed by atoms with E-state index in [9.17, 15) is 8.42 Å². The summed E-state index contributed by atoms with van der Waals surface area (Å²) in [6, 6.07) is 0. The number of aryl methyl sites for hydroxylation is 1. The molecule has 0 bridgehead atoms. The van der Waals surface area contributed by atoms with Crippen LogP contribution in [0, 0.1) is 0 Å². The van der Waals surface area contributed by atoms with Gasteiger partial charge < -0.3 is 9.88 Å². The van der Waals surface area contributed by atoms with Crippen molar-refractivity contribution in [2.45, 2.75) is 18.5 Å². The van der Waals surface area contributed by atoms with Gasteiger partial charge in [0, 0.05) is 52.0 Å². The zero-order chi connectivity index (χ0) is 13.7. The summed E-state index contributed by atoms with van der Waals surface area (Å²) < 4.78 is 28.3. The average Bonchev–Trinajstić information content (AvgIpc) is 2.89. The van der Waals surface area contributed by atoms with Gasteiger partial charge in [-0.25, -0.2) is 18.1 Å². The molecule has 2 N–H and O–H groups in total. The average molecular weight is 287 g/mol. The summed E-state index contributed by atoms with van der Waals surface area (Å²) in [4.78, 5) is 6.15. The minimum Gasteiger partial charge on any atom is -0.336 e. The van der Waals surface area contributed by atoms with Crippen LogP contribution in [0.15, 0.2) is 17.6 Å². The van der Waals surface area contributed by atoms with Crippen LogP contribution in [0.5, 0.6) is 0 Å². The summed E-state index contributed by atoms with van der Waals surface area (Å²) in [6.07, 6.45) is 3.08. The molecule has 108 valence electrons. The monoisotopic (exact) mass is 287 g/mol. The van der Waals surface area contributed by atoms with Gasteiger partial charge >= 0.3 is 0 Å². The molecule has 2 rings (SSSR count). The number of imidazole rings is 1. The normalized spacial score (nSPS) is 17.7. The Balaban J connectivity index is 1.83. The standard InChI is InChI=1S/C11H21N5O2S/c1-2-15-9-11(13-10-15)19(17,18)14-5-8-16-6-3-12-4-7-16/h9-10,12,14H,2-8H2,1H3. The van der Waals surface area contributed by atoms with Gasteiger partial charge in [-0.2, -0.15) is 0 Å². The molecule has 1 aromatic heterocycles. The topological polar surface area (TPSA) is 79.3 Å². The maximum Gasteiger partial charge on any atom is 0.259 e. The van der Waals surface area contributed by atoms with E-state index in [1.165, 1.54) is 6.33 Å². The van der Waals surface area contributed by atoms with Gasteiger partial charge in [0.1, 0.15) is 0 Å². The summed E-state index contributed by atoms with van der Waals surface area (Å²) in [6.45, 7) is 7.66. The quantitative estimate of drug-likeness (QED) is 0.708. The first kappa shape index (κ1) is 14.4. The van der Waals surface area contributed by atoms with Crippen LogP contribution in [0.3, 0.4) is 0 Å². The van der Waals surface area contributed by atoms with Crippen LogP contribution in [0.25, 0.3) is 0 Å². The van der Waals surface area contributed by atoms with Crippen molar-refractivity contribution in [3.63, 3.8) is 0 Å². The number of hydrogen-bond acceptors (Lipinski definition) is 5. The highest BCUT2D eigenvalue weighted by Gasteiger charge is 2.17. The van der Waals surface area contributed by atoms with E-state index in [4.69, 9.17) is 0 Å². The van der Waals surface area contributed by atoms with Gasteiger partial charge in [-0.1, -0.05) is 0 Å². The van der Waals surface area contributed by atoms with Crippen LogP contribution >= 0.6 is 0 Å². The van der Waals surface area contributed by atoms with E-state index in [0.717, 1.165) is 32.7 Å². The van der Waals surface area contributed by atoms with Crippen molar-refractivity contribution in [1.29, 1.82) is 0 Å². The van der Waals surface area contributed by atoms with Gasteiger partial charge in [-0.15, -0.1) is 0 Å². The first-order valence-corrected chi connectivity index (χ1v) is 8.04. The zero-order valence-corrected chi connectivity index (χ0v) is 12.0. The molecule has 1 aliphatic heterocycles. The van der Waals surface area contributed by atoms with Gasteiger partial charge in [0.15, 0.2) is 5.03 Å². The Hall–Kier alpha value is -0.960. The summed E-state index contributed by atoms with van der Waals surface area (Å²) in [5, 5.41) is 3.36. The molecule has 2 heterocycles. The van der Waals surface area contributed by atoms with Gasteiger partial charge in [0.25, 0.3) is 10.0 Å². The fourth-order valence-corrected chi connectivity index (χ4v) is 2.97. The van der Waals surface area contributed by atoms with E-state index in [1.807, 2.05) is 6.92 Å². The lowest BCUT2D eigenvalue weighted by molar-refractivity contribution is 0.245. The van der Waals surface area contributed by atoms with Gasteiger partial charge in [-0.3, -0.25) is 4.90 Å². The van der Waals surface area contributed by atoms with E-state index >= 15 is 0 Å². The van der Waals surface area contributed by atoms with Crippen molar-refractivity contribution >= 4 is 10.0 Å². The largest absolute Gasteiger partial charge is 0.336 e. The van der Waals surface area contributed by atoms with E-state index in [2.05, 4.69) is 19.9 Å². The van der Waals surface area contributed by atoms with E-state index in [0.29, 0.717) is 13.1 Å². The van der Waals surface area contributed by atoms with E-state index in [1.54, 1.807) is 10.8 Å². The highest BCUT2D eigenvalue weighted by atomic mass is 32.2. The van der Waals surface area contributed by atoms with Crippen molar-refractivity contribution in [2.75, 3.05) is 39.3 Å². The third kappa shape index (κ3) is 4.00. The Bertz CT molecular complexity index is 493. The number of rotatable bonds is 6. The zero-order valence-electron chi connectivity index (χ0n) is 11.2.